The predicted molar refractivity (Wildman–Crippen MR) is 89.0 cm³/mol. The number of nitrogen functional groups attached to an aromatic ring is 1. The van der Waals surface area contributed by atoms with Gasteiger partial charge in [-0.2, -0.15) is 0 Å². The molecule has 21 heavy (non-hydrogen) atoms. The van der Waals surface area contributed by atoms with E-state index < -0.39 is 0 Å². The minimum absolute atomic E-state index is 0.330. The molecule has 2 aromatic carbocycles. The van der Waals surface area contributed by atoms with Crippen molar-refractivity contribution < 1.29 is 4.52 Å². The number of hydrogen-bond donors (Lipinski definition) is 1. The second-order valence-corrected chi connectivity index (χ2v) is 5.98. The van der Waals surface area contributed by atoms with E-state index in [1.165, 1.54) is 11.1 Å². The van der Waals surface area contributed by atoms with Crippen LogP contribution in [0.4, 0.5) is 5.88 Å². The van der Waals surface area contributed by atoms with Crippen LogP contribution in [0.15, 0.2) is 51.5 Å². The molecular weight excluding hydrogens is 328 g/mol. The number of benzene rings is 2. The van der Waals surface area contributed by atoms with Gasteiger partial charge < -0.3 is 10.3 Å². The van der Waals surface area contributed by atoms with Gasteiger partial charge in [0.25, 0.3) is 0 Å². The SMILES string of the molecule is Cc1cc(C)cc(-c2noc(N)c2-c2ccccc2Br)c1. The van der Waals surface area contributed by atoms with Gasteiger partial charge in [-0.15, -0.1) is 0 Å². The quantitative estimate of drug-likeness (QED) is 0.715. The normalized spacial score (nSPS) is 10.8. The molecule has 0 aliphatic heterocycles. The van der Waals surface area contributed by atoms with Gasteiger partial charge in [0.1, 0.15) is 5.69 Å². The summed E-state index contributed by atoms with van der Waals surface area (Å²) >= 11 is 3.56. The van der Waals surface area contributed by atoms with Crippen LogP contribution >= 0.6 is 15.9 Å². The zero-order chi connectivity index (χ0) is 15.0. The molecule has 0 radical (unpaired) electrons. The van der Waals surface area contributed by atoms with Crippen molar-refractivity contribution in [3.05, 3.63) is 58.1 Å². The van der Waals surface area contributed by atoms with Crippen molar-refractivity contribution in [2.75, 3.05) is 5.73 Å². The summed E-state index contributed by atoms with van der Waals surface area (Å²) < 4.78 is 6.21. The predicted octanol–water partition coefficient (Wildman–Crippen LogP) is 4.97. The number of hydrogen-bond acceptors (Lipinski definition) is 3. The van der Waals surface area contributed by atoms with E-state index in [0.29, 0.717) is 5.88 Å². The summed E-state index contributed by atoms with van der Waals surface area (Å²) in [6.07, 6.45) is 0. The highest BCUT2D eigenvalue weighted by Gasteiger charge is 2.19. The number of nitrogens with two attached hydrogens (primary N) is 1. The largest absolute Gasteiger partial charge is 0.367 e. The first kappa shape index (κ1) is 13.9. The van der Waals surface area contributed by atoms with E-state index >= 15 is 0 Å². The Morgan fingerprint density at radius 3 is 2.38 bits per heavy atom. The maximum atomic E-state index is 6.01. The van der Waals surface area contributed by atoms with Crippen LogP contribution in [-0.4, -0.2) is 5.16 Å². The van der Waals surface area contributed by atoms with Gasteiger partial charge in [0.05, 0.1) is 5.56 Å². The summed E-state index contributed by atoms with van der Waals surface area (Å²) in [5.41, 5.74) is 12.0. The molecule has 0 atom stereocenters. The van der Waals surface area contributed by atoms with Crippen LogP contribution in [0.1, 0.15) is 11.1 Å². The Hall–Kier alpha value is -2.07. The lowest BCUT2D eigenvalue weighted by Crippen LogP contribution is -1.90. The van der Waals surface area contributed by atoms with Crippen molar-refractivity contribution in [3.8, 4) is 22.4 Å². The average Bonchev–Trinajstić information content (AvgIpc) is 2.80. The van der Waals surface area contributed by atoms with Crippen LogP contribution < -0.4 is 5.73 Å². The molecule has 1 heterocycles. The number of nitrogens with zero attached hydrogens (tertiary/aromatic N) is 1. The van der Waals surface area contributed by atoms with Gasteiger partial charge in [-0.3, -0.25) is 0 Å². The third kappa shape index (κ3) is 2.59. The molecule has 0 aliphatic rings. The second kappa shape index (κ2) is 5.37. The molecule has 2 N–H and O–H groups in total. The van der Waals surface area contributed by atoms with Crippen molar-refractivity contribution in [2.24, 2.45) is 0 Å². The summed E-state index contributed by atoms with van der Waals surface area (Å²) in [7, 11) is 0. The lowest BCUT2D eigenvalue weighted by molar-refractivity contribution is 0.439. The number of aromatic nitrogens is 1. The van der Waals surface area contributed by atoms with Gasteiger partial charge in [-0.05, 0) is 32.0 Å². The zero-order valence-electron chi connectivity index (χ0n) is 11.9. The fraction of sp³-hybridized carbons (Fsp3) is 0.118. The molecule has 0 saturated carbocycles. The monoisotopic (exact) mass is 342 g/mol. The lowest BCUT2D eigenvalue weighted by atomic mass is 9.98. The Morgan fingerprint density at radius 1 is 1.05 bits per heavy atom. The van der Waals surface area contributed by atoms with Crippen molar-refractivity contribution in [1.82, 2.24) is 5.16 Å². The minimum atomic E-state index is 0.330. The molecule has 3 nitrogen and oxygen atoms in total. The Morgan fingerprint density at radius 2 is 1.71 bits per heavy atom. The summed E-state index contributed by atoms with van der Waals surface area (Å²) in [6, 6.07) is 14.2. The van der Waals surface area contributed by atoms with Crippen LogP contribution in [-0.2, 0) is 0 Å². The first-order chi connectivity index (χ1) is 10.1. The highest BCUT2D eigenvalue weighted by Crippen LogP contribution is 2.39. The molecule has 0 unspecified atom stereocenters. The van der Waals surface area contributed by atoms with Gasteiger partial charge in [0.15, 0.2) is 0 Å². The van der Waals surface area contributed by atoms with Crippen molar-refractivity contribution in [3.63, 3.8) is 0 Å². The Balaban J connectivity index is 2.24. The molecule has 0 spiro atoms. The minimum Gasteiger partial charge on any atom is -0.367 e. The van der Waals surface area contributed by atoms with E-state index in [0.717, 1.165) is 26.9 Å². The highest BCUT2D eigenvalue weighted by molar-refractivity contribution is 9.10. The molecule has 0 bridgehead atoms. The maximum Gasteiger partial charge on any atom is 0.230 e. The first-order valence-electron chi connectivity index (χ1n) is 6.65. The molecule has 3 rings (SSSR count). The summed E-state index contributed by atoms with van der Waals surface area (Å²) in [5.74, 6) is 0.330. The van der Waals surface area contributed by atoms with Crippen molar-refractivity contribution >= 4 is 21.8 Å². The third-order valence-corrected chi connectivity index (χ3v) is 4.05. The topological polar surface area (TPSA) is 52.0 Å². The maximum absolute atomic E-state index is 6.01. The van der Waals surface area contributed by atoms with Crippen LogP contribution in [0.3, 0.4) is 0 Å². The van der Waals surface area contributed by atoms with E-state index in [4.69, 9.17) is 10.3 Å². The molecule has 0 aliphatic carbocycles. The van der Waals surface area contributed by atoms with Crippen molar-refractivity contribution in [2.45, 2.75) is 13.8 Å². The molecular formula is C17H15BrN2O. The number of halogens is 1. The van der Waals surface area contributed by atoms with Crippen molar-refractivity contribution in [1.29, 1.82) is 0 Å². The summed E-state index contributed by atoms with van der Waals surface area (Å²) in [6.45, 7) is 4.14. The lowest BCUT2D eigenvalue weighted by Gasteiger charge is -2.07. The Labute approximate surface area is 131 Å². The van der Waals surface area contributed by atoms with Crippen LogP contribution in [0.2, 0.25) is 0 Å². The van der Waals surface area contributed by atoms with Gasteiger partial charge >= 0.3 is 0 Å². The molecule has 106 valence electrons. The highest BCUT2D eigenvalue weighted by atomic mass is 79.9. The van der Waals surface area contributed by atoms with E-state index in [-0.39, 0.29) is 0 Å². The van der Waals surface area contributed by atoms with Gasteiger partial charge in [-0.25, -0.2) is 0 Å². The number of anilines is 1. The second-order valence-electron chi connectivity index (χ2n) is 5.13. The summed E-state index contributed by atoms with van der Waals surface area (Å²) in [5, 5.41) is 4.16. The average molecular weight is 343 g/mol. The molecule has 0 fully saturated rings. The molecule has 3 aromatic rings. The van der Waals surface area contributed by atoms with Gasteiger partial charge in [0, 0.05) is 15.6 Å². The van der Waals surface area contributed by atoms with E-state index in [1.54, 1.807) is 0 Å². The Bertz CT molecular complexity index is 788. The van der Waals surface area contributed by atoms with E-state index in [1.807, 2.05) is 24.3 Å². The van der Waals surface area contributed by atoms with E-state index in [2.05, 4.69) is 53.1 Å². The zero-order valence-corrected chi connectivity index (χ0v) is 13.4. The van der Waals surface area contributed by atoms with Gasteiger partial charge in [-0.1, -0.05) is 56.5 Å². The number of aryl methyl sites for hydroxylation is 2. The molecule has 0 saturated heterocycles. The number of rotatable bonds is 2. The fourth-order valence-electron chi connectivity index (χ4n) is 2.54. The third-order valence-electron chi connectivity index (χ3n) is 3.36. The fourth-order valence-corrected chi connectivity index (χ4v) is 3.02. The van der Waals surface area contributed by atoms with Crippen LogP contribution in [0.25, 0.3) is 22.4 Å². The van der Waals surface area contributed by atoms with Crippen LogP contribution in [0, 0.1) is 13.8 Å². The smallest absolute Gasteiger partial charge is 0.230 e. The Kier molecular flexibility index (Phi) is 3.55. The standard InChI is InChI=1S/C17H15BrN2O/c1-10-7-11(2)9-12(8-10)16-15(17(19)21-20-16)13-5-3-4-6-14(13)18/h3-9H,19H2,1-2H3. The van der Waals surface area contributed by atoms with E-state index in [9.17, 15) is 0 Å². The first-order valence-corrected chi connectivity index (χ1v) is 7.44. The summed E-state index contributed by atoms with van der Waals surface area (Å²) in [4.78, 5) is 0. The van der Waals surface area contributed by atoms with Crippen LogP contribution in [0.5, 0.6) is 0 Å². The van der Waals surface area contributed by atoms with Gasteiger partial charge in [0.2, 0.25) is 5.88 Å². The molecule has 0 amide bonds. The molecule has 1 aromatic heterocycles. The molecule has 4 heteroatoms.